The van der Waals surface area contributed by atoms with Crippen molar-refractivity contribution in [1.82, 2.24) is 0 Å². The van der Waals surface area contributed by atoms with Crippen molar-refractivity contribution in [2.75, 3.05) is 11.9 Å². The van der Waals surface area contributed by atoms with Crippen LogP contribution in [0.15, 0.2) is 22.7 Å². The van der Waals surface area contributed by atoms with E-state index in [2.05, 4.69) is 21.2 Å². The van der Waals surface area contributed by atoms with Crippen molar-refractivity contribution >= 4 is 27.6 Å². The van der Waals surface area contributed by atoms with Crippen LogP contribution in [0.1, 0.15) is 10.4 Å². The Morgan fingerprint density at radius 1 is 1.47 bits per heavy atom. The Morgan fingerprint density at radius 3 is 2.67 bits per heavy atom. The largest absolute Gasteiger partial charge is 0.478 e. The van der Waals surface area contributed by atoms with E-state index >= 15 is 0 Å². The molecule has 0 aliphatic heterocycles. The van der Waals surface area contributed by atoms with E-state index in [1.807, 2.05) is 0 Å². The number of anilines is 1. The number of hydrogen-bond donors (Lipinski definition) is 2. The fraction of sp³-hybridized carbons (Fsp3) is 0.222. The number of benzene rings is 1. The van der Waals surface area contributed by atoms with Gasteiger partial charge in [-0.25, -0.2) is 13.6 Å². The van der Waals surface area contributed by atoms with Gasteiger partial charge in [0.15, 0.2) is 0 Å². The van der Waals surface area contributed by atoms with Crippen molar-refractivity contribution in [2.45, 2.75) is 6.43 Å². The minimum atomic E-state index is -2.47. The normalized spacial score (nSPS) is 10.4. The molecule has 6 heteroatoms. The highest BCUT2D eigenvalue weighted by Gasteiger charge is 2.07. The van der Waals surface area contributed by atoms with E-state index in [-0.39, 0.29) is 5.56 Å². The van der Waals surface area contributed by atoms with Crippen LogP contribution in [-0.2, 0) is 0 Å². The predicted molar refractivity (Wildman–Crippen MR) is 55.6 cm³/mol. The third-order valence-electron chi connectivity index (χ3n) is 1.61. The van der Waals surface area contributed by atoms with E-state index in [1.54, 1.807) is 0 Å². The van der Waals surface area contributed by atoms with Crippen LogP contribution in [0.25, 0.3) is 0 Å². The minimum absolute atomic E-state index is 0.0427. The first kappa shape index (κ1) is 11.9. The molecule has 2 N–H and O–H groups in total. The van der Waals surface area contributed by atoms with Gasteiger partial charge in [-0.05, 0) is 18.2 Å². The molecule has 1 aromatic carbocycles. The molecule has 1 aromatic rings. The molecule has 0 unspecified atom stereocenters. The molecular formula is C9H8BrF2NO2. The maximum absolute atomic E-state index is 11.9. The van der Waals surface area contributed by atoms with Gasteiger partial charge < -0.3 is 10.4 Å². The second-order valence-electron chi connectivity index (χ2n) is 2.81. The molecule has 15 heavy (non-hydrogen) atoms. The van der Waals surface area contributed by atoms with Crippen LogP contribution in [0.4, 0.5) is 14.5 Å². The second-order valence-corrected chi connectivity index (χ2v) is 3.72. The lowest BCUT2D eigenvalue weighted by Crippen LogP contribution is -2.10. The average molecular weight is 280 g/mol. The lowest BCUT2D eigenvalue weighted by Gasteiger charge is -2.07. The van der Waals surface area contributed by atoms with E-state index in [4.69, 9.17) is 5.11 Å². The van der Waals surface area contributed by atoms with Crippen LogP contribution in [0.5, 0.6) is 0 Å². The summed E-state index contributed by atoms with van der Waals surface area (Å²) >= 11 is 3.10. The molecule has 0 aromatic heterocycles. The Hall–Kier alpha value is -1.17. The number of nitrogens with one attached hydrogen (secondary N) is 1. The van der Waals surface area contributed by atoms with Crippen molar-refractivity contribution in [1.29, 1.82) is 0 Å². The van der Waals surface area contributed by atoms with Gasteiger partial charge >= 0.3 is 5.97 Å². The van der Waals surface area contributed by atoms with Crippen molar-refractivity contribution in [3.05, 3.63) is 28.2 Å². The number of rotatable bonds is 4. The number of aromatic carboxylic acids is 1. The summed E-state index contributed by atoms with van der Waals surface area (Å²) in [6, 6.07) is 4.24. The summed E-state index contributed by atoms with van der Waals surface area (Å²) in [5.74, 6) is -1.10. The topological polar surface area (TPSA) is 49.3 Å². The first-order chi connectivity index (χ1) is 6.99. The van der Waals surface area contributed by atoms with Gasteiger partial charge in [0.25, 0.3) is 6.43 Å². The first-order valence-corrected chi connectivity index (χ1v) is 4.84. The minimum Gasteiger partial charge on any atom is -0.478 e. The standard InChI is InChI=1S/C9H8BrF2NO2/c10-6-1-5(9(14)15)2-7(3-6)13-4-8(11)12/h1-3,8,13H,4H2,(H,14,15). The van der Waals surface area contributed by atoms with Crippen LogP contribution in [0, 0.1) is 0 Å². The fourth-order valence-electron chi connectivity index (χ4n) is 1.01. The fourth-order valence-corrected chi connectivity index (χ4v) is 1.50. The number of carboxylic acid groups (broad SMARTS) is 1. The van der Waals surface area contributed by atoms with Gasteiger partial charge in [-0.3, -0.25) is 0 Å². The van der Waals surface area contributed by atoms with Crippen LogP contribution in [0.2, 0.25) is 0 Å². The van der Waals surface area contributed by atoms with Gasteiger partial charge in [-0.1, -0.05) is 15.9 Å². The second kappa shape index (κ2) is 5.06. The monoisotopic (exact) mass is 279 g/mol. The number of carbonyl (C=O) groups is 1. The molecule has 0 heterocycles. The summed E-state index contributed by atoms with van der Waals surface area (Å²) in [6.45, 7) is -0.504. The van der Waals surface area contributed by atoms with Gasteiger partial charge in [-0.15, -0.1) is 0 Å². The zero-order valence-corrected chi connectivity index (χ0v) is 9.09. The molecule has 0 aliphatic carbocycles. The predicted octanol–water partition coefficient (Wildman–Crippen LogP) is 2.82. The lowest BCUT2D eigenvalue weighted by atomic mass is 10.2. The number of halogens is 3. The highest BCUT2D eigenvalue weighted by Crippen LogP contribution is 2.19. The van der Waals surface area contributed by atoms with E-state index < -0.39 is 18.9 Å². The van der Waals surface area contributed by atoms with Gasteiger partial charge in [0.1, 0.15) is 0 Å². The molecule has 0 saturated heterocycles. The molecule has 0 fully saturated rings. The SMILES string of the molecule is O=C(O)c1cc(Br)cc(NCC(F)F)c1. The van der Waals surface area contributed by atoms with E-state index in [1.165, 1.54) is 18.2 Å². The quantitative estimate of drug-likeness (QED) is 0.891. The van der Waals surface area contributed by atoms with Crippen LogP contribution in [-0.4, -0.2) is 24.0 Å². The third-order valence-corrected chi connectivity index (χ3v) is 2.06. The zero-order chi connectivity index (χ0) is 11.4. The molecule has 1 rings (SSSR count). The maximum Gasteiger partial charge on any atom is 0.335 e. The van der Waals surface area contributed by atoms with Crippen molar-refractivity contribution in [2.24, 2.45) is 0 Å². The number of hydrogen-bond acceptors (Lipinski definition) is 2. The summed E-state index contributed by atoms with van der Waals surface area (Å²) in [5, 5.41) is 11.2. The molecule has 82 valence electrons. The Bertz CT molecular complexity index is 371. The van der Waals surface area contributed by atoms with Gasteiger partial charge in [0.05, 0.1) is 12.1 Å². The molecule has 0 atom stereocenters. The van der Waals surface area contributed by atoms with Crippen LogP contribution < -0.4 is 5.32 Å². The van der Waals surface area contributed by atoms with E-state index in [9.17, 15) is 13.6 Å². The average Bonchev–Trinajstić information content (AvgIpc) is 2.13. The Balaban J connectivity index is 2.84. The summed E-state index contributed by atoms with van der Waals surface area (Å²) in [7, 11) is 0. The van der Waals surface area contributed by atoms with Gasteiger partial charge in [0.2, 0.25) is 0 Å². The maximum atomic E-state index is 11.9. The number of alkyl halides is 2. The summed E-state index contributed by atoms with van der Waals surface area (Å²) in [6.07, 6.45) is -2.47. The lowest BCUT2D eigenvalue weighted by molar-refractivity contribution is 0.0697. The number of carboxylic acids is 1. The molecule has 0 saturated carbocycles. The van der Waals surface area contributed by atoms with Crippen LogP contribution in [0.3, 0.4) is 0 Å². The molecule has 0 amide bonds. The molecular weight excluding hydrogens is 272 g/mol. The molecule has 0 aliphatic rings. The summed E-state index contributed by atoms with van der Waals surface area (Å²) < 4.78 is 24.3. The smallest absolute Gasteiger partial charge is 0.335 e. The Kier molecular flexibility index (Phi) is 4.02. The van der Waals surface area contributed by atoms with Gasteiger partial charge in [0, 0.05) is 10.2 Å². The highest BCUT2D eigenvalue weighted by molar-refractivity contribution is 9.10. The van der Waals surface area contributed by atoms with Crippen molar-refractivity contribution < 1.29 is 18.7 Å². The summed E-state index contributed by atoms with van der Waals surface area (Å²) in [4.78, 5) is 10.6. The molecule has 0 spiro atoms. The van der Waals surface area contributed by atoms with Crippen molar-refractivity contribution in [3.8, 4) is 0 Å². The Morgan fingerprint density at radius 2 is 2.13 bits per heavy atom. The van der Waals surface area contributed by atoms with Crippen molar-refractivity contribution in [3.63, 3.8) is 0 Å². The summed E-state index contributed by atoms with van der Waals surface area (Å²) in [5.41, 5.74) is 0.392. The molecule has 3 nitrogen and oxygen atoms in total. The van der Waals surface area contributed by atoms with E-state index in [0.717, 1.165) is 0 Å². The third kappa shape index (κ3) is 3.83. The molecule has 0 radical (unpaired) electrons. The van der Waals surface area contributed by atoms with Crippen LogP contribution >= 0.6 is 15.9 Å². The first-order valence-electron chi connectivity index (χ1n) is 4.05. The zero-order valence-electron chi connectivity index (χ0n) is 7.51. The molecule has 0 bridgehead atoms. The Labute approximate surface area is 93.2 Å². The van der Waals surface area contributed by atoms with Gasteiger partial charge in [-0.2, -0.15) is 0 Å². The van der Waals surface area contributed by atoms with E-state index in [0.29, 0.717) is 10.2 Å². The highest BCUT2D eigenvalue weighted by atomic mass is 79.9.